The van der Waals surface area contributed by atoms with Gasteiger partial charge in [-0.2, -0.15) is 0 Å². The highest BCUT2D eigenvalue weighted by Gasteiger charge is 2.47. The molecule has 0 fully saturated rings. The smallest absolute Gasteiger partial charge is 0.296 e. The first-order valence-corrected chi connectivity index (χ1v) is 9.63. The Bertz CT molecular complexity index is 1400. The zero-order valence-corrected chi connectivity index (χ0v) is 16.6. The van der Waals surface area contributed by atoms with E-state index in [0.29, 0.717) is 16.8 Å². The van der Waals surface area contributed by atoms with E-state index in [-0.39, 0.29) is 17.3 Å². The second-order valence-electron chi connectivity index (χ2n) is 7.30. The normalized spacial score (nSPS) is 16.4. The molecule has 0 spiro atoms. The van der Waals surface area contributed by atoms with E-state index in [1.54, 1.807) is 31.2 Å². The van der Waals surface area contributed by atoms with Gasteiger partial charge in [0.05, 0.1) is 16.6 Å². The van der Waals surface area contributed by atoms with E-state index in [1.165, 1.54) is 24.3 Å². The fourth-order valence-electron chi connectivity index (χ4n) is 3.82. The summed E-state index contributed by atoms with van der Waals surface area (Å²) in [6.45, 7) is 1.62. The largest absolute Gasteiger partial charge is 0.503 e. The average molecular weight is 435 g/mol. The Balaban J connectivity index is 1.72. The summed E-state index contributed by atoms with van der Waals surface area (Å²) in [6, 6.07) is 11.8. The molecule has 5 rings (SSSR count). The molecule has 0 aliphatic carbocycles. The van der Waals surface area contributed by atoms with E-state index in [2.05, 4.69) is 9.97 Å². The first-order valence-electron chi connectivity index (χ1n) is 9.63. The number of aliphatic hydroxyl groups is 1. The minimum atomic E-state index is -1.48. The molecule has 1 aliphatic heterocycles. The molecule has 1 amide bonds. The summed E-state index contributed by atoms with van der Waals surface area (Å²) < 4.78 is 34.3. The molecule has 0 bridgehead atoms. The predicted molar refractivity (Wildman–Crippen MR) is 110 cm³/mol. The SMILES string of the molecule is Cc1ccc(C(=O)C2=C(O)C(=O)N(c3nc4ccccc4[nH]3)C2c2cccc(F)c2F)o1. The van der Waals surface area contributed by atoms with E-state index >= 15 is 0 Å². The van der Waals surface area contributed by atoms with Crippen molar-refractivity contribution in [2.24, 2.45) is 0 Å². The zero-order valence-electron chi connectivity index (χ0n) is 16.6. The number of imidazole rings is 1. The number of carbonyl (C=O) groups is 2. The van der Waals surface area contributed by atoms with Crippen molar-refractivity contribution < 1.29 is 27.9 Å². The van der Waals surface area contributed by atoms with Crippen molar-refractivity contribution in [1.82, 2.24) is 9.97 Å². The number of nitrogens with zero attached hydrogens (tertiary/aromatic N) is 2. The Morgan fingerprint density at radius 1 is 1.12 bits per heavy atom. The molecule has 4 aromatic rings. The average Bonchev–Trinajstić information content (AvgIpc) is 3.46. The maximum atomic E-state index is 14.9. The molecular weight excluding hydrogens is 420 g/mol. The van der Waals surface area contributed by atoms with Crippen molar-refractivity contribution in [3.8, 4) is 0 Å². The van der Waals surface area contributed by atoms with Crippen molar-refractivity contribution in [3.63, 3.8) is 0 Å². The van der Waals surface area contributed by atoms with Gasteiger partial charge in [-0.1, -0.05) is 24.3 Å². The number of carbonyl (C=O) groups excluding carboxylic acids is 2. The van der Waals surface area contributed by atoms with Crippen LogP contribution >= 0.6 is 0 Å². The number of nitrogens with one attached hydrogen (secondary N) is 1. The minimum Gasteiger partial charge on any atom is -0.503 e. The van der Waals surface area contributed by atoms with Gasteiger partial charge in [0.15, 0.2) is 23.2 Å². The summed E-state index contributed by atoms with van der Waals surface area (Å²) in [5, 5.41) is 10.7. The molecule has 1 aliphatic rings. The van der Waals surface area contributed by atoms with Gasteiger partial charge < -0.3 is 14.5 Å². The van der Waals surface area contributed by atoms with Gasteiger partial charge in [0.25, 0.3) is 5.91 Å². The van der Waals surface area contributed by atoms with Crippen LogP contribution in [0.1, 0.15) is 27.9 Å². The Labute approximate surface area is 179 Å². The predicted octanol–water partition coefficient (Wildman–Crippen LogP) is 4.53. The Morgan fingerprint density at radius 2 is 1.91 bits per heavy atom. The van der Waals surface area contributed by atoms with Crippen LogP contribution in [0.2, 0.25) is 0 Å². The standard InChI is InChI=1S/C23H15F2N3O4/c1-11-9-10-16(32-11)20(29)17-19(12-5-4-6-13(24)18(12)25)28(22(31)21(17)30)23-26-14-7-2-3-8-15(14)27-23/h2-10,19,30H,1H3,(H,26,27). The number of aliphatic hydroxyl groups excluding tert-OH is 1. The van der Waals surface area contributed by atoms with Gasteiger partial charge in [-0.25, -0.2) is 13.8 Å². The number of aromatic nitrogens is 2. The molecule has 9 heteroatoms. The molecule has 1 atom stereocenters. The molecular formula is C23H15F2N3O4. The summed E-state index contributed by atoms with van der Waals surface area (Å²) in [4.78, 5) is 34.5. The van der Waals surface area contributed by atoms with E-state index in [0.717, 1.165) is 11.0 Å². The molecule has 0 saturated heterocycles. The van der Waals surface area contributed by atoms with Crippen molar-refractivity contribution in [2.75, 3.05) is 4.90 Å². The quantitative estimate of drug-likeness (QED) is 0.459. The van der Waals surface area contributed by atoms with Crippen molar-refractivity contribution in [1.29, 1.82) is 0 Å². The molecule has 2 aromatic heterocycles. The molecule has 2 aromatic carbocycles. The van der Waals surface area contributed by atoms with Crippen molar-refractivity contribution in [2.45, 2.75) is 13.0 Å². The molecule has 0 saturated carbocycles. The molecule has 32 heavy (non-hydrogen) atoms. The minimum absolute atomic E-state index is 0.0326. The van der Waals surface area contributed by atoms with E-state index < -0.39 is 40.7 Å². The lowest BCUT2D eigenvalue weighted by Crippen LogP contribution is -2.32. The molecule has 0 radical (unpaired) electrons. The third-order valence-corrected chi connectivity index (χ3v) is 5.30. The van der Waals surface area contributed by atoms with Crippen molar-refractivity contribution >= 4 is 28.7 Å². The van der Waals surface area contributed by atoms with Gasteiger partial charge in [0, 0.05) is 5.56 Å². The third kappa shape index (κ3) is 2.89. The Kier molecular flexibility index (Phi) is 4.40. The number of anilines is 1. The number of benzene rings is 2. The summed E-state index contributed by atoms with van der Waals surface area (Å²) in [5.41, 5.74) is 0.341. The number of hydrogen-bond donors (Lipinski definition) is 2. The topological polar surface area (TPSA) is 99.4 Å². The van der Waals surface area contributed by atoms with Gasteiger partial charge in [0.2, 0.25) is 11.7 Å². The van der Waals surface area contributed by atoms with Gasteiger partial charge in [-0.3, -0.25) is 14.5 Å². The first-order chi connectivity index (χ1) is 15.4. The van der Waals surface area contributed by atoms with Crippen LogP contribution in [0, 0.1) is 18.6 Å². The number of para-hydroxylation sites is 2. The molecule has 1 unspecified atom stereocenters. The molecule has 2 N–H and O–H groups in total. The maximum absolute atomic E-state index is 14.9. The van der Waals surface area contributed by atoms with E-state index in [9.17, 15) is 23.5 Å². The summed E-state index contributed by atoms with van der Waals surface area (Å²) in [5.74, 6) is -4.85. The van der Waals surface area contributed by atoms with Crippen LogP contribution in [-0.4, -0.2) is 26.8 Å². The van der Waals surface area contributed by atoms with Gasteiger partial charge in [-0.15, -0.1) is 0 Å². The number of amides is 1. The number of fused-ring (bicyclic) bond motifs is 1. The van der Waals surface area contributed by atoms with Crippen LogP contribution in [0.3, 0.4) is 0 Å². The van der Waals surface area contributed by atoms with E-state index in [1.807, 2.05) is 0 Å². The van der Waals surface area contributed by atoms with Gasteiger partial charge >= 0.3 is 0 Å². The Hall–Kier alpha value is -4.27. The fraction of sp³-hybridized carbons (Fsp3) is 0.0870. The number of H-pyrrole nitrogens is 1. The van der Waals surface area contributed by atoms with Crippen LogP contribution in [0.15, 0.2) is 70.3 Å². The molecule has 3 heterocycles. The number of halogens is 2. The van der Waals surface area contributed by atoms with Crippen LogP contribution in [0.5, 0.6) is 0 Å². The van der Waals surface area contributed by atoms with E-state index in [4.69, 9.17) is 4.42 Å². The first kappa shape index (κ1) is 19.7. The lowest BCUT2D eigenvalue weighted by atomic mass is 9.94. The highest BCUT2D eigenvalue weighted by atomic mass is 19.2. The number of rotatable bonds is 4. The summed E-state index contributed by atoms with van der Waals surface area (Å²) in [6.07, 6.45) is 0. The number of Topliss-reactive ketones (excluding diaryl/α,β-unsaturated/α-hetero) is 1. The second kappa shape index (κ2) is 7.16. The number of aryl methyl sites for hydroxylation is 1. The lowest BCUT2D eigenvalue weighted by molar-refractivity contribution is -0.117. The van der Waals surface area contributed by atoms with Crippen LogP contribution in [0.4, 0.5) is 14.7 Å². The lowest BCUT2D eigenvalue weighted by Gasteiger charge is -2.24. The number of hydrogen-bond acceptors (Lipinski definition) is 5. The highest BCUT2D eigenvalue weighted by Crippen LogP contribution is 2.42. The Morgan fingerprint density at radius 3 is 2.62 bits per heavy atom. The molecule has 160 valence electrons. The maximum Gasteiger partial charge on any atom is 0.296 e. The van der Waals surface area contributed by atoms with Crippen LogP contribution in [-0.2, 0) is 4.79 Å². The van der Waals surface area contributed by atoms with Crippen molar-refractivity contribution in [3.05, 3.63) is 94.6 Å². The fourth-order valence-corrected chi connectivity index (χ4v) is 3.82. The van der Waals surface area contributed by atoms with Crippen LogP contribution < -0.4 is 4.90 Å². The monoisotopic (exact) mass is 435 g/mol. The highest BCUT2D eigenvalue weighted by molar-refractivity contribution is 6.20. The summed E-state index contributed by atoms with van der Waals surface area (Å²) in [7, 11) is 0. The number of ketones is 1. The van der Waals surface area contributed by atoms with Gasteiger partial charge in [0.1, 0.15) is 11.8 Å². The van der Waals surface area contributed by atoms with Gasteiger partial charge in [-0.05, 0) is 37.3 Å². The van der Waals surface area contributed by atoms with Crippen LogP contribution in [0.25, 0.3) is 11.0 Å². The third-order valence-electron chi connectivity index (χ3n) is 5.30. The zero-order chi connectivity index (χ0) is 22.6. The number of aromatic amines is 1. The summed E-state index contributed by atoms with van der Waals surface area (Å²) >= 11 is 0. The number of furan rings is 1. The second-order valence-corrected chi connectivity index (χ2v) is 7.30. The molecule has 7 nitrogen and oxygen atoms in total.